The lowest BCUT2D eigenvalue weighted by atomic mass is 10.0. The fraction of sp³-hybridized carbons (Fsp3) is 0.429. The number of hydrogen-bond acceptors (Lipinski definition) is 7. The number of fused-ring (bicyclic) bond motifs is 1. The van der Waals surface area contributed by atoms with Crippen LogP contribution in [0.3, 0.4) is 0 Å². The van der Waals surface area contributed by atoms with Crippen LogP contribution >= 0.6 is 0 Å². The minimum atomic E-state index is -3.96. The third-order valence-electron chi connectivity index (χ3n) is 8.30. The van der Waals surface area contributed by atoms with Crippen LogP contribution in [0.4, 0.5) is 20.6 Å². The van der Waals surface area contributed by atoms with Crippen molar-refractivity contribution in [1.82, 2.24) is 9.21 Å². The summed E-state index contributed by atoms with van der Waals surface area (Å²) in [5, 5.41) is 15.7. The van der Waals surface area contributed by atoms with E-state index in [0.29, 0.717) is 36.6 Å². The zero-order chi connectivity index (χ0) is 34.8. The van der Waals surface area contributed by atoms with Crippen LogP contribution in [-0.2, 0) is 14.8 Å². The Hall–Kier alpha value is -4.04. The van der Waals surface area contributed by atoms with Crippen molar-refractivity contribution in [1.29, 1.82) is 0 Å². The highest BCUT2D eigenvalue weighted by molar-refractivity contribution is 7.89. The van der Waals surface area contributed by atoms with Gasteiger partial charge in [0.1, 0.15) is 11.6 Å². The number of nitrogens with zero attached hydrogens (tertiary/aromatic N) is 2. The van der Waals surface area contributed by atoms with Crippen molar-refractivity contribution in [3.63, 3.8) is 0 Å². The number of carbonyl (C=O) groups excluding carboxylic acids is 2. The first-order valence-electron chi connectivity index (χ1n) is 16.1. The minimum Gasteiger partial charge on any atom is -0.490 e. The number of aliphatic hydroxyl groups is 1. The minimum absolute atomic E-state index is 0.0168. The molecule has 13 heteroatoms. The molecule has 0 unspecified atom stereocenters. The quantitative estimate of drug-likeness (QED) is 0.282. The summed E-state index contributed by atoms with van der Waals surface area (Å²) < 4.78 is 53.9. The number of aliphatic hydroxyl groups excluding tert-OH is 1. The summed E-state index contributed by atoms with van der Waals surface area (Å²) in [7, 11) is -2.52. The number of hydrogen-bond donors (Lipinski definition) is 3. The highest BCUT2D eigenvalue weighted by Gasteiger charge is 2.32. The maximum atomic E-state index is 14.3. The van der Waals surface area contributed by atoms with E-state index < -0.39 is 39.9 Å². The maximum Gasteiger partial charge on any atom is 0.323 e. The summed E-state index contributed by atoms with van der Waals surface area (Å²) in [5.74, 6) is -1.000. The zero-order valence-corrected chi connectivity index (χ0v) is 28.6. The molecule has 1 aliphatic heterocycles. The van der Waals surface area contributed by atoms with Crippen LogP contribution in [0.2, 0.25) is 0 Å². The van der Waals surface area contributed by atoms with Gasteiger partial charge in [-0.1, -0.05) is 25.1 Å². The van der Waals surface area contributed by atoms with E-state index >= 15 is 0 Å². The average molecular weight is 685 g/mol. The molecule has 4 rings (SSSR count). The van der Waals surface area contributed by atoms with Gasteiger partial charge in [-0.25, -0.2) is 17.6 Å². The molecule has 0 radical (unpaired) electrons. The first kappa shape index (κ1) is 36.8. The Balaban J connectivity index is 1.62. The fourth-order valence-electron chi connectivity index (χ4n) is 5.42. The normalized spacial score (nSPS) is 20.3. The Labute approximate surface area is 282 Å². The monoisotopic (exact) mass is 684 g/mol. The predicted octanol–water partition coefficient (Wildman–Crippen LogP) is 5.59. The van der Waals surface area contributed by atoms with Gasteiger partial charge in [-0.15, -0.1) is 0 Å². The zero-order valence-electron chi connectivity index (χ0n) is 27.8. The van der Waals surface area contributed by atoms with E-state index in [1.54, 1.807) is 49.4 Å². The lowest BCUT2D eigenvalue weighted by Crippen LogP contribution is -2.48. The number of urea groups is 1. The number of anilines is 2. The second-order valence-electron chi connectivity index (χ2n) is 12.2. The molecule has 0 bridgehead atoms. The second-order valence-corrected chi connectivity index (χ2v) is 14.2. The van der Waals surface area contributed by atoms with Crippen LogP contribution in [-0.4, -0.2) is 86.3 Å². The topological polar surface area (TPSA) is 138 Å². The molecule has 3 amide bonds. The van der Waals surface area contributed by atoms with Gasteiger partial charge in [0.15, 0.2) is 0 Å². The molecule has 11 nitrogen and oxygen atoms in total. The van der Waals surface area contributed by atoms with Crippen molar-refractivity contribution < 1.29 is 37.0 Å². The molecule has 3 aromatic rings. The molecular formula is C35H45FN4O7S. The molecule has 1 heterocycles. The van der Waals surface area contributed by atoms with Gasteiger partial charge < -0.3 is 30.1 Å². The molecule has 0 saturated heterocycles. The molecule has 48 heavy (non-hydrogen) atoms. The SMILES string of the molecule is C[C@@H]1CCCCO[C@@H](CN(C)S(=O)(=O)c2ccc(F)cc2)[C@H](C)CN([C@H](C)CO)C(=O)c2cc(NC(=O)Nc3ccccc3)ccc2O1. The molecule has 0 aromatic heterocycles. The third kappa shape index (κ3) is 9.75. The number of rotatable bonds is 8. The molecule has 0 aliphatic carbocycles. The smallest absolute Gasteiger partial charge is 0.323 e. The molecule has 3 aromatic carbocycles. The van der Waals surface area contributed by atoms with E-state index in [9.17, 15) is 27.5 Å². The lowest BCUT2D eigenvalue weighted by Gasteiger charge is -2.35. The Kier molecular flexibility index (Phi) is 12.9. The van der Waals surface area contributed by atoms with Gasteiger partial charge in [0.2, 0.25) is 10.0 Å². The first-order chi connectivity index (χ1) is 22.9. The fourth-order valence-corrected chi connectivity index (χ4v) is 6.60. The third-order valence-corrected chi connectivity index (χ3v) is 10.1. The van der Waals surface area contributed by atoms with E-state index in [4.69, 9.17) is 9.47 Å². The number of halogens is 1. The van der Waals surface area contributed by atoms with Gasteiger partial charge in [0.25, 0.3) is 5.91 Å². The van der Waals surface area contributed by atoms with Crippen LogP contribution in [0.1, 0.15) is 50.4 Å². The largest absolute Gasteiger partial charge is 0.490 e. The summed E-state index contributed by atoms with van der Waals surface area (Å²) in [5.41, 5.74) is 1.18. The van der Waals surface area contributed by atoms with E-state index in [0.717, 1.165) is 18.6 Å². The van der Waals surface area contributed by atoms with Crippen molar-refractivity contribution >= 4 is 33.3 Å². The summed E-state index contributed by atoms with van der Waals surface area (Å²) >= 11 is 0. The van der Waals surface area contributed by atoms with Crippen LogP contribution in [0, 0.1) is 11.7 Å². The maximum absolute atomic E-state index is 14.3. The molecule has 260 valence electrons. The van der Waals surface area contributed by atoms with Crippen molar-refractivity contribution in [3.05, 3.63) is 84.2 Å². The van der Waals surface area contributed by atoms with Crippen molar-refractivity contribution in [2.24, 2.45) is 5.92 Å². The van der Waals surface area contributed by atoms with Gasteiger partial charge >= 0.3 is 6.03 Å². The summed E-state index contributed by atoms with van der Waals surface area (Å²) in [6, 6.07) is 17.4. The Morgan fingerprint density at radius 3 is 2.42 bits per heavy atom. The highest BCUT2D eigenvalue weighted by Crippen LogP contribution is 2.29. The first-order valence-corrected chi connectivity index (χ1v) is 17.5. The number of amides is 3. The number of carbonyl (C=O) groups is 2. The van der Waals surface area contributed by atoms with Gasteiger partial charge in [0.05, 0.1) is 35.3 Å². The summed E-state index contributed by atoms with van der Waals surface area (Å²) in [4.78, 5) is 28.6. The van der Waals surface area contributed by atoms with Crippen LogP contribution in [0.5, 0.6) is 5.75 Å². The molecule has 0 fully saturated rings. The van der Waals surface area contributed by atoms with Crippen LogP contribution in [0.25, 0.3) is 0 Å². The molecule has 1 aliphatic rings. The molecule has 3 N–H and O–H groups in total. The molecular weight excluding hydrogens is 639 g/mol. The van der Waals surface area contributed by atoms with E-state index in [2.05, 4.69) is 10.6 Å². The lowest BCUT2D eigenvalue weighted by molar-refractivity contribution is -0.00834. The van der Waals surface area contributed by atoms with Crippen LogP contribution in [0.15, 0.2) is 77.7 Å². The van der Waals surface area contributed by atoms with Gasteiger partial charge in [-0.2, -0.15) is 4.31 Å². The number of para-hydroxylation sites is 1. The number of benzene rings is 3. The van der Waals surface area contributed by atoms with Crippen molar-refractivity contribution in [3.8, 4) is 5.75 Å². The van der Waals surface area contributed by atoms with Crippen LogP contribution < -0.4 is 15.4 Å². The second kappa shape index (κ2) is 16.9. The van der Waals surface area contributed by atoms with E-state index in [-0.39, 0.29) is 42.2 Å². The van der Waals surface area contributed by atoms with E-state index in [1.807, 2.05) is 19.9 Å². The summed E-state index contributed by atoms with van der Waals surface area (Å²) in [6.07, 6.45) is 1.28. The number of nitrogens with one attached hydrogen (secondary N) is 2. The number of sulfonamides is 1. The Bertz CT molecular complexity index is 1630. The molecule has 0 spiro atoms. The van der Waals surface area contributed by atoms with Gasteiger partial charge in [0, 0.05) is 44.0 Å². The van der Waals surface area contributed by atoms with Gasteiger partial charge in [-0.3, -0.25) is 4.79 Å². The Morgan fingerprint density at radius 1 is 1.04 bits per heavy atom. The Morgan fingerprint density at radius 2 is 1.73 bits per heavy atom. The van der Waals surface area contributed by atoms with Crippen molar-refractivity contribution in [2.75, 3.05) is 44.0 Å². The summed E-state index contributed by atoms with van der Waals surface area (Å²) in [6.45, 7) is 5.64. The molecule has 4 atom stereocenters. The average Bonchev–Trinajstić information content (AvgIpc) is 3.06. The van der Waals surface area contributed by atoms with E-state index in [1.165, 1.54) is 28.4 Å². The molecule has 0 saturated carbocycles. The number of likely N-dealkylation sites (N-methyl/N-ethyl adjacent to an activating group) is 1. The highest BCUT2D eigenvalue weighted by atomic mass is 32.2. The van der Waals surface area contributed by atoms with Crippen molar-refractivity contribution in [2.45, 2.75) is 63.2 Å². The van der Waals surface area contributed by atoms with Gasteiger partial charge in [-0.05, 0) is 87.7 Å². The number of ether oxygens (including phenoxy) is 2. The predicted molar refractivity (Wildman–Crippen MR) is 182 cm³/mol. The standard InChI is InChI=1S/C35H45FN4O7S/c1-24-21-40(25(2)23-41)34(42)31-20-29(38-35(43)37-28-11-6-5-7-12-28)15-18-32(31)47-26(3)10-8-9-19-46-33(24)22-39(4)48(44,45)30-16-13-27(36)14-17-30/h5-7,11-18,20,24-26,33,41H,8-10,19,21-23H2,1-4H3,(H2,37,38,43)/t24-,25-,26-,33+/m1/s1.